The molecule has 1 fully saturated rings. The number of rotatable bonds is 6. The molecule has 0 radical (unpaired) electrons. The van der Waals surface area contributed by atoms with E-state index in [-0.39, 0.29) is 5.91 Å². The molecule has 3 aromatic rings. The second kappa shape index (κ2) is 9.50. The van der Waals surface area contributed by atoms with Crippen LogP contribution in [0.2, 0.25) is 0 Å². The zero-order valence-corrected chi connectivity index (χ0v) is 21.8. The van der Waals surface area contributed by atoms with Crippen molar-refractivity contribution in [1.82, 2.24) is 20.0 Å². The number of nitrogens with one attached hydrogen (secondary N) is 1. The Kier molecular flexibility index (Phi) is 6.38. The van der Waals surface area contributed by atoms with Gasteiger partial charge in [0.05, 0.1) is 13.7 Å². The Balaban J connectivity index is 1.18. The highest BCUT2D eigenvalue weighted by Gasteiger charge is 2.35. The lowest BCUT2D eigenvalue weighted by atomic mass is 9.92. The van der Waals surface area contributed by atoms with Gasteiger partial charge in [-0.15, -0.1) is 0 Å². The molecule has 0 saturated carbocycles. The first kappa shape index (κ1) is 24.2. The monoisotopic (exact) mass is 489 g/mol. The number of piperazine rings is 1. The summed E-state index contributed by atoms with van der Waals surface area (Å²) >= 11 is 0. The average molecular weight is 490 g/mol. The summed E-state index contributed by atoms with van der Waals surface area (Å²) in [6.45, 7) is 12.7. The molecule has 36 heavy (non-hydrogen) atoms. The fourth-order valence-corrected chi connectivity index (χ4v) is 5.03. The van der Waals surface area contributed by atoms with Crippen molar-refractivity contribution in [1.29, 1.82) is 0 Å². The number of carbonyl (C=O) groups is 1. The van der Waals surface area contributed by atoms with Gasteiger partial charge in [0.2, 0.25) is 5.91 Å². The van der Waals surface area contributed by atoms with E-state index in [9.17, 15) is 4.79 Å². The normalized spacial score (nSPS) is 16.6. The molecular weight excluding hydrogens is 454 g/mol. The van der Waals surface area contributed by atoms with Crippen LogP contribution in [0, 0.1) is 13.8 Å². The number of ether oxygens (including phenoxy) is 2. The molecule has 1 saturated heterocycles. The van der Waals surface area contributed by atoms with Crippen molar-refractivity contribution in [2.24, 2.45) is 0 Å². The van der Waals surface area contributed by atoms with E-state index in [2.05, 4.69) is 47.2 Å². The van der Waals surface area contributed by atoms with Gasteiger partial charge in [-0.2, -0.15) is 5.10 Å². The van der Waals surface area contributed by atoms with E-state index in [0.29, 0.717) is 13.2 Å². The van der Waals surface area contributed by atoms with E-state index in [0.717, 1.165) is 54.5 Å². The molecule has 0 unspecified atom stereocenters. The van der Waals surface area contributed by atoms with Crippen LogP contribution in [0.3, 0.4) is 0 Å². The highest BCUT2D eigenvalue weighted by atomic mass is 16.5. The van der Waals surface area contributed by atoms with Crippen LogP contribution in [0.5, 0.6) is 11.5 Å². The van der Waals surface area contributed by atoms with Crippen LogP contribution in [0.25, 0.3) is 11.3 Å². The van der Waals surface area contributed by atoms with Gasteiger partial charge in [-0.3, -0.25) is 14.4 Å². The number of amides is 1. The van der Waals surface area contributed by atoms with Crippen LogP contribution in [0.4, 0.5) is 5.69 Å². The predicted molar refractivity (Wildman–Crippen MR) is 141 cm³/mol. The summed E-state index contributed by atoms with van der Waals surface area (Å²) in [6, 6.07) is 12.2. The van der Waals surface area contributed by atoms with E-state index < -0.39 is 5.60 Å². The Bertz CT molecular complexity index is 1270. The van der Waals surface area contributed by atoms with Crippen molar-refractivity contribution in [3.63, 3.8) is 0 Å². The number of benzene rings is 2. The van der Waals surface area contributed by atoms with Crippen LogP contribution in [-0.2, 0) is 17.1 Å². The molecule has 1 N–H and O–H groups in total. The summed E-state index contributed by atoms with van der Waals surface area (Å²) in [4.78, 5) is 17.4. The first-order valence-electron chi connectivity index (χ1n) is 12.5. The molecule has 0 spiro atoms. The van der Waals surface area contributed by atoms with Crippen LogP contribution < -0.4 is 19.7 Å². The van der Waals surface area contributed by atoms with E-state index in [1.165, 1.54) is 16.8 Å². The molecule has 5 rings (SSSR count). The Morgan fingerprint density at radius 1 is 1.14 bits per heavy atom. The van der Waals surface area contributed by atoms with Crippen LogP contribution in [0.15, 0.2) is 42.6 Å². The molecule has 0 aliphatic carbocycles. The number of hydrogen-bond acceptors (Lipinski definition) is 6. The zero-order valence-electron chi connectivity index (χ0n) is 21.8. The second-order valence-electron chi connectivity index (χ2n) is 10.1. The first-order valence-corrected chi connectivity index (χ1v) is 12.5. The van der Waals surface area contributed by atoms with Crippen LogP contribution in [-0.4, -0.2) is 60.4 Å². The topological polar surface area (TPSA) is 71.9 Å². The lowest BCUT2D eigenvalue weighted by Gasteiger charge is -2.36. The molecule has 3 heterocycles. The van der Waals surface area contributed by atoms with Crippen molar-refractivity contribution < 1.29 is 14.3 Å². The van der Waals surface area contributed by atoms with Crippen molar-refractivity contribution in [2.45, 2.75) is 40.0 Å². The molecule has 0 atom stereocenters. The molecule has 1 amide bonds. The summed E-state index contributed by atoms with van der Waals surface area (Å²) < 4.78 is 13.4. The Labute approximate surface area is 212 Å². The number of fused-ring (bicyclic) bond motifs is 3. The molecule has 190 valence electrons. The zero-order chi connectivity index (χ0) is 25.4. The third-order valence-electron chi connectivity index (χ3n) is 7.31. The number of methoxy groups -OCH3 is 1. The number of carbonyl (C=O) groups excluding carboxylic acids is 1. The predicted octanol–water partition coefficient (Wildman–Crippen LogP) is 3.70. The highest BCUT2D eigenvalue weighted by Crippen LogP contribution is 2.45. The van der Waals surface area contributed by atoms with Gasteiger partial charge >= 0.3 is 0 Å². The molecule has 2 aliphatic heterocycles. The van der Waals surface area contributed by atoms with E-state index in [4.69, 9.17) is 14.6 Å². The van der Waals surface area contributed by atoms with Gasteiger partial charge in [0, 0.05) is 55.3 Å². The fourth-order valence-electron chi connectivity index (χ4n) is 5.03. The van der Waals surface area contributed by atoms with Gasteiger partial charge in [-0.05, 0) is 57.0 Å². The maximum Gasteiger partial charge on any atom is 0.235 e. The number of aromatic nitrogens is 2. The van der Waals surface area contributed by atoms with Gasteiger partial charge in [0.25, 0.3) is 0 Å². The van der Waals surface area contributed by atoms with Crippen LogP contribution in [0.1, 0.15) is 30.5 Å². The lowest BCUT2D eigenvalue weighted by Crippen LogP contribution is -2.49. The lowest BCUT2D eigenvalue weighted by molar-refractivity contribution is -0.122. The molecule has 1 aromatic heterocycles. The van der Waals surface area contributed by atoms with Gasteiger partial charge < -0.3 is 19.7 Å². The third kappa shape index (κ3) is 4.65. The first-order chi connectivity index (χ1) is 17.2. The average Bonchev–Trinajstić information content (AvgIpc) is 3.30. The highest BCUT2D eigenvalue weighted by molar-refractivity contribution is 5.78. The minimum atomic E-state index is -0.535. The van der Waals surface area contributed by atoms with Gasteiger partial charge in [0.1, 0.15) is 29.5 Å². The number of anilines is 1. The van der Waals surface area contributed by atoms with Crippen LogP contribution >= 0.6 is 0 Å². The Morgan fingerprint density at radius 2 is 1.92 bits per heavy atom. The molecule has 2 aliphatic rings. The molecule has 2 aromatic carbocycles. The molecular formula is C28H35N5O3. The number of nitrogens with zero attached hydrogens (tertiary/aromatic N) is 4. The quantitative estimate of drug-likeness (QED) is 0.569. The summed E-state index contributed by atoms with van der Waals surface area (Å²) in [5.74, 6) is 1.50. The number of hydrogen-bond donors (Lipinski definition) is 1. The molecule has 8 nitrogen and oxygen atoms in total. The third-order valence-corrected chi connectivity index (χ3v) is 7.31. The molecule has 0 bridgehead atoms. The standard InChI is InChI=1S/C28H35N5O3/c1-19-7-6-8-24(20(19)2)32-13-11-31(12-14-32)17-26(34)29-18-33-16-23-27(30-33)22-10-9-21(35-5)15-25(22)36-28(23,3)4/h6-10,15-16H,11-14,17-18H2,1-5H3,(H,29,34). The maximum atomic E-state index is 12.7. The summed E-state index contributed by atoms with van der Waals surface area (Å²) in [5.41, 5.74) is 6.21. The van der Waals surface area contributed by atoms with Gasteiger partial charge in [-0.1, -0.05) is 12.1 Å². The Morgan fingerprint density at radius 3 is 2.67 bits per heavy atom. The second-order valence-corrected chi connectivity index (χ2v) is 10.1. The SMILES string of the molecule is COc1ccc2c(c1)OC(C)(C)c1cn(CNC(=O)CN3CCN(c4cccc(C)c4C)CC3)nc1-2. The van der Waals surface area contributed by atoms with E-state index >= 15 is 0 Å². The summed E-state index contributed by atoms with van der Waals surface area (Å²) in [5, 5.41) is 7.81. The fraction of sp³-hybridized carbons (Fsp3) is 0.429. The maximum absolute atomic E-state index is 12.7. The summed E-state index contributed by atoms with van der Waals surface area (Å²) in [7, 11) is 1.64. The van der Waals surface area contributed by atoms with Crippen molar-refractivity contribution in [3.05, 3.63) is 59.3 Å². The summed E-state index contributed by atoms with van der Waals surface area (Å²) in [6.07, 6.45) is 1.96. The van der Waals surface area contributed by atoms with Crippen molar-refractivity contribution in [2.75, 3.05) is 44.7 Å². The smallest absolute Gasteiger partial charge is 0.235 e. The minimum Gasteiger partial charge on any atom is -0.497 e. The van der Waals surface area contributed by atoms with Gasteiger partial charge in [-0.25, -0.2) is 0 Å². The van der Waals surface area contributed by atoms with E-state index in [1.807, 2.05) is 38.2 Å². The molecule has 8 heteroatoms. The number of aryl methyl sites for hydroxylation is 1. The minimum absolute atomic E-state index is 0.00399. The van der Waals surface area contributed by atoms with Crippen molar-refractivity contribution >= 4 is 11.6 Å². The Hall–Kier alpha value is -3.52. The largest absolute Gasteiger partial charge is 0.497 e. The van der Waals surface area contributed by atoms with E-state index in [1.54, 1.807) is 11.8 Å². The van der Waals surface area contributed by atoms with Crippen molar-refractivity contribution in [3.8, 4) is 22.8 Å². The van der Waals surface area contributed by atoms with Gasteiger partial charge in [0.15, 0.2) is 0 Å².